The van der Waals surface area contributed by atoms with Crippen molar-refractivity contribution in [1.29, 1.82) is 0 Å². The SMILES string of the molecule is CC(C=O)[C@H]1CC[C@H]2[C@@H]3CC=C4C[C@@H](O[Si](C(C)C)(C(C)C)C(C)C)CC[C@]4(C)[C@H]3CC[C@]12C. The fraction of sp³-hybridized carbons (Fsp3) is 0.903. The fourth-order valence-electron chi connectivity index (χ4n) is 10.4. The van der Waals surface area contributed by atoms with E-state index < -0.39 is 8.32 Å². The minimum atomic E-state index is -1.84. The van der Waals surface area contributed by atoms with E-state index in [1.807, 2.05) is 0 Å². The van der Waals surface area contributed by atoms with Crippen LogP contribution in [0.5, 0.6) is 0 Å². The zero-order chi connectivity index (χ0) is 25.1. The van der Waals surface area contributed by atoms with E-state index >= 15 is 0 Å². The average Bonchev–Trinajstić information content (AvgIpc) is 3.13. The Morgan fingerprint density at radius 2 is 1.56 bits per heavy atom. The lowest BCUT2D eigenvalue weighted by Gasteiger charge is -2.59. The summed E-state index contributed by atoms with van der Waals surface area (Å²) in [7, 11) is -1.84. The smallest absolute Gasteiger partial charge is 0.200 e. The van der Waals surface area contributed by atoms with E-state index in [2.05, 4.69) is 68.4 Å². The zero-order valence-corrected chi connectivity index (χ0v) is 24.8. The number of fused-ring (bicyclic) bond motifs is 5. The number of hydrogen-bond donors (Lipinski definition) is 0. The molecule has 0 heterocycles. The van der Waals surface area contributed by atoms with Crippen molar-refractivity contribution in [2.24, 2.45) is 40.4 Å². The van der Waals surface area contributed by atoms with E-state index in [0.717, 1.165) is 17.8 Å². The molecule has 4 aliphatic carbocycles. The van der Waals surface area contributed by atoms with Crippen LogP contribution >= 0.6 is 0 Å². The van der Waals surface area contributed by atoms with Crippen LogP contribution in [0.25, 0.3) is 0 Å². The molecule has 0 aromatic rings. The third kappa shape index (κ3) is 3.94. The Balaban J connectivity index is 1.54. The van der Waals surface area contributed by atoms with Crippen LogP contribution in [-0.4, -0.2) is 20.7 Å². The maximum atomic E-state index is 11.7. The molecule has 0 saturated heterocycles. The van der Waals surface area contributed by atoms with E-state index in [1.54, 1.807) is 5.57 Å². The molecule has 0 aromatic carbocycles. The molecule has 8 atom stereocenters. The molecule has 3 heteroatoms. The Labute approximate surface area is 212 Å². The highest BCUT2D eigenvalue weighted by Crippen LogP contribution is 2.67. The van der Waals surface area contributed by atoms with Gasteiger partial charge in [-0.15, -0.1) is 0 Å². The number of rotatable bonds is 7. The highest BCUT2D eigenvalue weighted by atomic mass is 28.4. The average molecular weight is 487 g/mol. The van der Waals surface area contributed by atoms with Gasteiger partial charge in [0.2, 0.25) is 8.32 Å². The van der Waals surface area contributed by atoms with Crippen molar-refractivity contribution in [3.63, 3.8) is 0 Å². The lowest BCUT2D eigenvalue weighted by Crippen LogP contribution is -2.53. The summed E-state index contributed by atoms with van der Waals surface area (Å²) >= 11 is 0. The van der Waals surface area contributed by atoms with E-state index in [0.29, 0.717) is 39.5 Å². The first kappa shape index (κ1) is 26.6. The molecule has 0 spiro atoms. The molecule has 3 fully saturated rings. The molecule has 3 saturated carbocycles. The summed E-state index contributed by atoms with van der Waals surface area (Å²) in [6.45, 7) is 21.9. The number of carbonyl (C=O) groups is 1. The second kappa shape index (κ2) is 9.47. The van der Waals surface area contributed by atoms with Crippen molar-refractivity contribution in [2.45, 2.75) is 136 Å². The minimum absolute atomic E-state index is 0.219. The van der Waals surface area contributed by atoms with Crippen molar-refractivity contribution >= 4 is 14.6 Å². The van der Waals surface area contributed by atoms with Gasteiger partial charge >= 0.3 is 0 Å². The van der Waals surface area contributed by atoms with Gasteiger partial charge in [-0.25, -0.2) is 0 Å². The van der Waals surface area contributed by atoms with E-state index in [9.17, 15) is 4.79 Å². The predicted molar refractivity (Wildman–Crippen MR) is 146 cm³/mol. The molecular weight excluding hydrogens is 432 g/mol. The normalized spacial score (nSPS) is 41.2. The number of hydrogen-bond acceptors (Lipinski definition) is 2. The van der Waals surface area contributed by atoms with Gasteiger partial charge in [-0.2, -0.15) is 0 Å². The van der Waals surface area contributed by atoms with Crippen LogP contribution in [0.1, 0.15) is 114 Å². The number of allylic oxidation sites excluding steroid dienone is 1. The summed E-state index contributed by atoms with van der Waals surface area (Å²) in [5.74, 6) is 3.28. The van der Waals surface area contributed by atoms with Crippen LogP contribution in [0, 0.1) is 40.4 Å². The van der Waals surface area contributed by atoms with Crippen LogP contribution in [0.4, 0.5) is 0 Å². The zero-order valence-electron chi connectivity index (χ0n) is 23.8. The van der Waals surface area contributed by atoms with Crippen LogP contribution < -0.4 is 0 Å². The maximum Gasteiger partial charge on any atom is 0.200 e. The first-order valence-corrected chi connectivity index (χ1v) is 16.9. The predicted octanol–water partition coefficient (Wildman–Crippen LogP) is 8.96. The second-order valence-corrected chi connectivity index (χ2v) is 19.7. The van der Waals surface area contributed by atoms with E-state index in [1.165, 1.54) is 57.7 Å². The van der Waals surface area contributed by atoms with Gasteiger partial charge in [0.1, 0.15) is 6.29 Å². The maximum absolute atomic E-state index is 11.7. The van der Waals surface area contributed by atoms with Crippen molar-refractivity contribution in [3.8, 4) is 0 Å². The van der Waals surface area contributed by atoms with Crippen molar-refractivity contribution in [3.05, 3.63) is 11.6 Å². The largest absolute Gasteiger partial charge is 0.413 e. The molecule has 34 heavy (non-hydrogen) atoms. The summed E-state index contributed by atoms with van der Waals surface area (Å²) in [5.41, 5.74) is 4.46. The van der Waals surface area contributed by atoms with Gasteiger partial charge in [0.25, 0.3) is 0 Å². The van der Waals surface area contributed by atoms with Crippen LogP contribution in [0.2, 0.25) is 16.6 Å². The second-order valence-electron chi connectivity index (χ2n) is 14.3. The monoisotopic (exact) mass is 486 g/mol. The van der Waals surface area contributed by atoms with E-state index in [4.69, 9.17) is 4.43 Å². The Kier molecular flexibility index (Phi) is 7.42. The molecule has 1 unspecified atom stereocenters. The van der Waals surface area contributed by atoms with Crippen LogP contribution in [0.15, 0.2) is 11.6 Å². The van der Waals surface area contributed by atoms with Gasteiger partial charge in [0, 0.05) is 12.0 Å². The molecule has 0 N–H and O–H groups in total. The summed E-state index contributed by atoms with van der Waals surface area (Å²) in [6, 6.07) is 0. The highest BCUT2D eigenvalue weighted by molar-refractivity contribution is 6.77. The molecule has 0 aliphatic heterocycles. The molecule has 0 bridgehead atoms. The summed E-state index contributed by atoms with van der Waals surface area (Å²) in [6.07, 6.45) is 14.6. The van der Waals surface area contributed by atoms with Crippen molar-refractivity contribution in [1.82, 2.24) is 0 Å². The van der Waals surface area contributed by atoms with Crippen molar-refractivity contribution in [2.75, 3.05) is 0 Å². The molecule has 0 aromatic heterocycles. The minimum Gasteiger partial charge on any atom is -0.413 e. The summed E-state index contributed by atoms with van der Waals surface area (Å²) in [4.78, 5) is 11.7. The van der Waals surface area contributed by atoms with Gasteiger partial charge in [0.05, 0.1) is 0 Å². The quantitative estimate of drug-likeness (QED) is 0.204. The molecule has 0 radical (unpaired) electrons. The number of carbonyl (C=O) groups excluding carboxylic acids is 1. The Morgan fingerprint density at radius 1 is 0.912 bits per heavy atom. The molecule has 194 valence electrons. The van der Waals surface area contributed by atoms with Gasteiger partial charge in [-0.05, 0) is 102 Å². The van der Waals surface area contributed by atoms with Gasteiger partial charge in [0.15, 0.2) is 0 Å². The third-order valence-corrected chi connectivity index (χ3v) is 18.2. The lowest BCUT2D eigenvalue weighted by atomic mass is 9.47. The molecule has 0 amide bonds. The van der Waals surface area contributed by atoms with Gasteiger partial charge < -0.3 is 9.22 Å². The summed E-state index contributed by atoms with van der Waals surface area (Å²) in [5, 5.41) is 0. The highest BCUT2D eigenvalue weighted by Gasteiger charge is 2.59. The van der Waals surface area contributed by atoms with E-state index in [-0.39, 0.29) is 5.92 Å². The standard InChI is InChI=1S/C31H54O2Si/c1-20(2)34(21(3)4,22(5)6)33-25-14-16-30(8)24(18-25)10-11-26-28-13-12-27(23(7)19-32)31(28,9)17-15-29(26)30/h10,19-23,25-29H,11-18H2,1-9H3/t23?,25-,26-,27+,28-,29-,30-,31+/m0/s1. The fourth-order valence-corrected chi connectivity index (χ4v) is 16.0. The van der Waals surface area contributed by atoms with Crippen LogP contribution in [-0.2, 0) is 9.22 Å². The first-order chi connectivity index (χ1) is 15.9. The molecule has 2 nitrogen and oxygen atoms in total. The lowest BCUT2D eigenvalue weighted by molar-refractivity contribution is -0.115. The van der Waals surface area contributed by atoms with Gasteiger partial charge in [-0.3, -0.25) is 0 Å². The molecular formula is C31H54O2Si. The Bertz CT molecular complexity index is 763. The van der Waals surface area contributed by atoms with Crippen LogP contribution in [0.3, 0.4) is 0 Å². The third-order valence-electron chi connectivity index (χ3n) is 12.1. The Hall–Kier alpha value is -0.413. The molecule has 4 aliphatic rings. The van der Waals surface area contributed by atoms with Gasteiger partial charge in [-0.1, -0.05) is 74.0 Å². The summed E-state index contributed by atoms with van der Waals surface area (Å²) < 4.78 is 7.30. The van der Waals surface area contributed by atoms with Crippen molar-refractivity contribution < 1.29 is 9.22 Å². The topological polar surface area (TPSA) is 26.3 Å². The first-order valence-electron chi connectivity index (χ1n) is 14.7. The number of aldehydes is 1. The Morgan fingerprint density at radius 3 is 2.15 bits per heavy atom. The molecule has 4 rings (SSSR count).